The molecule has 0 radical (unpaired) electrons. The van der Waals surface area contributed by atoms with Crippen LogP contribution in [0.15, 0.2) is 36.5 Å². The van der Waals surface area contributed by atoms with Crippen LogP contribution in [0.3, 0.4) is 0 Å². The van der Waals surface area contributed by atoms with Gasteiger partial charge >= 0.3 is 0 Å². The average molecular weight is 343 g/mol. The van der Waals surface area contributed by atoms with Crippen molar-refractivity contribution >= 4 is 23.0 Å². The Morgan fingerprint density at radius 2 is 2.12 bits per heavy atom. The molecule has 5 heteroatoms. The van der Waals surface area contributed by atoms with Crippen molar-refractivity contribution in [3.63, 3.8) is 0 Å². The highest BCUT2D eigenvalue weighted by atomic mass is 35.5. The second-order valence-corrected chi connectivity index (χ2v) is 7.00. The number of hydrogen-bond acceptors (Lipinski definition) is 3. The van der Waals surface area contributed by atoms with E-state index in [0.717, 1.165) is 42.5 Å². The Morgan fingerprint density at radius 1 is 1.33 bits per heavy atom. The summed E-state index contributed by atoms with van der Waals surface area (Å²) < 4.78 is 1.77. The van der Waals surface area contributed by atoms with Gasteiger partial charge in [-0.15, -0.1) is 0 Å². The number of allylic oxidation sites excluding steroid dienone is 2. The molecule has 24 heavy (non-hydrogen) atoms. The number of imidazole rings is 1. The van der Waals surface area contributed by atoms with E-state index in [1.807, 2.05) is 18.2 Å². The van der Waals surface area contributed by atoms with E-state index in [0.29, 0.717) is 10.7 Å². The Bertz CT molecular complexity index is 853. The molecule has 1 N–H and O–H groups in total. The summed E-state index contributed by atoms with van der Waals surface area (Å²) in [5.74, 6) is 0.557. The van der Waals surface area contributed by atoms with Gasteiger partial charge < -0.3 is 5.11 Å². The zero-order valence-corrected chi connectivity index (χ0v) is 14.3. The number of fused-ring (bicyclic) bond motifs is 2. The largest absolute Gasteiger partial charge is 0.511 e. The zero-order chi connectivity index (χ0) is 16.8. The van der Waals surface area contributed by atoms with Crippen LogP contribution < -0.4 is 0 Å². The Labute approximate surface area is 145 Å². The van der Waals surface area contributed by atoms with Gasteiger partial charge in [0.05, 0.1) is 11.8 Å². The normalized spacial score (nSPS) is 23.2. The number of rotatable bonds is 3. The lowest BCUT2D eigenvalue weighted by Gasteiger charge is -2.23. The van der Waals surface area contributed by atoms with E-state index in [4.69, 9.17) is 11.6 Å². The maximum atomic E-state index is 12.9. The lowest BCUT2D eigenvalue weighted by molar-refractivity contribution is -0.117. The number of aromatic nitrogens is 2. The fraction of sp³-hybridized carbons (Fsp3) is 0.368. The summed E-state index contributed by atoms with van der Waals surface area (Å²) >= 11 is 6.17. The predicted octanol–water partition coefficient (Wildman–Crippen LogP) is 4.36. The summed E-state index contributed by atoms with van der Waals surface area (Å²) in [6.07, 6.45) is 6.60. The summed E-state index contributed by atoms with van der Waals surface area (Å²) in [7, 11) is 0. The zero-order valence-electron chi connectivity index (χ0n) is 13.5. The smallest absolute Gasteiger partial charge is 0.169 e. The highest BCUT2D eigenvalue weighted by molar-refractivity contribution is 6.29. The molecule has 124 valence electrons. The van der Waals surface area contributed by atoms with Crippen molar-refractivity contribution in [1.82, 2.24) is 9.55 Å². The molecule has 2 aliphatic rings. The van der Waals surface area contributed by atoms with Gasteiger partial charge in [-0.25, -0.2) is 4.98 Å². The molecule has 1 saturated carbocycles. The van der Waals surface area contributed by atoms with E-state index in [-0.39, 0.29) is 23.4 Å². The molecule has 0 amide bonds. The molecular weight excluding hydrogens is 324 g/mol. The molecule has 1 aromatic carbocycles. The third kappa shape index (κ3) is 2.28. The molecule has 1 heterocycles. The third-order valence-electron chi connectivity index (χ3n) is 5.31. The minimum atomic E-state index is 0.0612. The van der Waals surface area contributed by atoms with Crippen molar-refractivity contribution < 1.29 is 9.90 Å². The van der Waals surface area contributed by atoms with Gasteiger partial charge in [-0.05, 0) is 48.9 Å². The average Bonchev–Trinajstić information content (AvgIpc) is 3.21. The van der Waals surface area contributed by atoms with E-state index in [1.165, 1.54) is 0 Å². The maximum Gasteiger partial charge on any atom is 0.169 e. The van der Waals surface area contributed by atoms with Crippen LogP contribution in [-0.4, -0.2) is 20.4 Å². The first kappa shape index (κ1) is 15.5. The van der Waals surface area contributed by atoms with E-state index in [2.05, 4.69) is 11.9 Å². The Balaban J connectivity index is 1.89. The molecule has 2 bridgehead atoms. The SMILES string of the molecule is CCc1ccc(-n2cncc2Cl)cc1C1=C(O)[C@H]2CC[C@H](C2)C1=O. The molecule has 4 nitrogen and oxygen atoms in total. The van der Waals surface area contributed by atoms with Crippen LogP contribution >= 0.6 is 11.6 Å². The van der Waals surface area contributed by atoms with Crippen LogP contribution in [0.25, 0.3) is 11.3 Å². The van der Waals surface area contributed by atoms with Crippen molar-refractivity contribution in [2.75, 3.05) is 0 Å². The number of aliphatic hydroxyl groups is 1. The Hall–Kier alpha value is -2.07. The van der Waals surface area contributed by atoms with Crippen LogP contribution in [0.4, 0.5) is 0 Å². The van der Waals surface area contributed by atoms with Gasteiger partial charge in [0.15, 0.2) is 5.78 Å². The van der Waals surface area contributed by atoms with Gasteiger partial charge in [0.1, 0.15) is 17.2 Å². The number of ketones is 1. The number of nitrogens with zero attached hydrogens (tertiary/aromatic N) is 2. The van der Waals surface area contributed by atoms with Crippen LogP contribution in [-0.2, 0) is 11.2 Å². The number of aryl methyl sites for hydroxylation is 1. The number of Topliss-reactive ketones (excluding diaryl/α,β-unsaturated/α-hetero) is 1. The second-order valence-electron chi connectivity index (χ2n) is 6.61. The monoisotopic (exact) mass is 342 g/mol. The molecule has 2 aliphatic carbocycles. The molecule has 0 aliphatic heterocycles. The van der Waals surface area contributed by atoms with Crippen molar-refractivity contribution in [3.8, 4) is 5.69 Å². The number of carbonyl (C=O) groups is 1. The molecule has 4 rings (SSSR count). The minimum absolute atomic E-state index is 0.0612. The van der Waals surface area contributed by atoms with Crippen molar-refractivity contribution in [1.29, 1.82) is 0 Å². The van der Waals surface area contributed by atoms with Crippen LogP contribution in [0.2, 0.25) is 5.15 Å². The molecular formula is C19H19ClN2O2. The summed E-state index contributed by atoms with van der Waals surface area (Å²) in [6, 6.07) is 5.92. The van der Waals surface area contributed by atoms with E-state index in [9.17, 15) is 9.90 Å². The van der Waals surface area contributed by atoms with E-state index >= 15 is 0 Å². The van der Waals surface area contributed by atoms with Crippen LogP contribution in [0.1, 0.15) is 37.3 Å². The standard InChI is InChI=1S/C19H19ClN2O2/c1-2-11-5-6-14(22-10-21-9-16(22)20)8-15(11)17-18(23)12-3-4-13(7-12)19(17)24/h5-6,8-10,12-13,23H,2-4,7H2,1H3/t12-,13+/m0/s1. The number of carbonyl (C=O) groups excluding carboxylic acids is 1. The molecule has 0 spiro atoms. The minimum Gasteiger partial charge on any atom is -0.511 e. The van der Waals surface area contributed by atoms with Crippen molar-refractivity contribution in [3.05, 3.63) is 52.8 Å². The summed E-state index contributed by atoms with van der Waals surface area (Å²) in [5.41, 5.74) is 3.25. The maximum absolute atomic E-state index is 12.9. The molecule has 2 atom stereocenters. The quantitative estimate of drug-likeness (QED) is 0.901. The number of halogens is 1. The summed E-state index contributed by atoms with van der Waals surface area (Å²) in [6.45, 7) is 2.06. The fourth-order valence-corrected chi connectivity index (χ4v) is 4.19. The predicted molar refractivity (Wildman–Crippen MR) is 93.3 cm³/mol. The van der Waals surface area contributed by atoms with Crippen LogP contribution in [0.5, 0.6) is 0 Å². The first-order valence-electron chi connectivity index (χ1n) is 8.39. The van der Waals surface area contributed by atoms with Crippen molar-refractivity contribution in [2.24, 2.45) is 11.8 Å². The fourth-order valence-electron chi connectivity index (χ4n) is 4.00. The molecule has 1 fully saturated rings. The topological polar surface area (TPSA) is 55.1 Å². The third-order valence-corrected chi connectivity index (χ3v) is 5.59. The first-order valence-corrected chi connectivity index (χ1v) is 8.76. The summed E-state index contributed by atoms with van der Waals surface area (Å²) in [4.78, 5) is 16.9. The molecule has 1 aromatic heterocycles. The highest BCUT2D eigenvalue weighted by Crippen LogP contribution is 2.46. The number of benzene rings is 1. The van der Waals surface area contributed by atoms with Gasteiger partial charge in [0, 0.05) is 17.5 Å². The van der Waals surface area contributed by atoms with Gasteiger partial charge in [-0.2, -0.15) is 0 Å². The van der Waals surface area contributed by atoms with Gasteiger partial charge in [0.2, 0.25) is 0 Å². The Morgan fingerprint density at radius 3 is 2.83 bits per heavy atom. The number of hydrogen-bond donors (Lipinski definition) is 1. The second kappa shape index (κ2) is 5.78. The lowest BCUT2D eigenvalue weighted by atomic mass is 9.81. The van der Waals surface area contributed by atoms with E-state index in [1.54, 1.807) is 17.1 Å². The van der Waals surface area contributed by atoms with Gasteiger partial charge in [-0.3, -0.25) is 9.36 Å². The molecule has 2 aromatic rings. The molecule has 0 unspecified atom stereocenters. The first-order chi connectivity index (χ1) is 11.6. The Kier molecular flexibility index (Phi) is 3.72. The summed E-state index contributed by atoms with van der Waals surface area (Å²) in [5, 5.41) is 11.2. The van der Waals surface area contributed by atoms with Crippen molar-refractivity contribution in [2.45, 2.75) is 32.6 Å². The highest BCUT2D eigenvalue weighted by Gasteiger charge is 2.41. The van der Waals surface area contributed by atoms with Gasteiger partial charge in [-0.1, -0.05) is 24.6 Å². The van der Waals surface area contributed by atoms with Crippen LogP contribution in [0, 0.1) is 11.8 Å². The van der Waals surface area contributed by atoms with Gasteiger partial charge in [0.25, 0.3) is 0 Å². The lowest BCUT2D eigenvalue weighted by Crippen LogP contribution is -2.22. The molecule has 0 saturated heterocycles. The van der Waals surface area contributed by atoms with E-state index < -0.39 is 0 Å². The number of aliphatic hydroxyl groups excluding tert-OH is 1.